The van der Waals surface area contributed by atoms with E-state index in [4.69, 9.17) is 0 Å². The van der Waals surface area contributed by atoms with Crippen LogP contribution in [-0.2, 0) is 0 Å². The molecular weight excluding hydrogens is 252 g/mol. The van der Waals surface area contributed by atoms with Gasteiger partial charge in [0.05, 0.1) is 11.0 Å². The summed E-state index contributed by atoms with van der Waals surface area (Å²) in [6, 6.07) is 10.4. The highest BCUT2D eigenvalue weighted by Crippen LogP contribution is 2.20. The second-order valence-corrected chi connectivity index (χ2v) is 4.59. The van der Waals surface area contributed by atoms with Gasteiger partial charge in [0.1, 0.15) is 5.65 Å². The number of nitrogens with zero attached hydrogens (tertiary/aromatic N) is 2. The van der Waals surface area contributed by atoms with Crippen molar-refractivity contribution in [3.8, 4) is 0 Å². The van der Waals surface area contributed by atoms with E-state index < -0.39 is 0 Å². The molecule has 0 aliphatic heterocycles. The van der Waals surface area contributed by atoms with Crippen LogP contribution in [0.4, 0.5) is 0 Å². The largest absolute Gasteiger partial charge is 0.300 e. The quantitative estimate of drug-likeness (QED) is 0.604. The topological polar surface area (TPSA) is 17.3 Å². The molecule has 0 N–H and O–H groups in total. The predicted molar refractivity (Wildman–Crippen MR) is 65.1 cm³/mol. The molecule has 15 heavy (non-hydrogen) atoms. The first-order chi connectivity index (χ1) is 7.24. The third kappa shape index (κ3) is 1.35. The number of fused-ring (bicyclic) bond motifs is 3. The van der Waals surface area contributed by atoms with Gasteiger partial charge in [-0.25, -0.2) is 4.98 Å². The molecule has 1 aromatic carbocycles. The molecule has 0 bridgehead atoms. The first kappa shape index (κ1) is 8.92. The van der Waals surface area contributed by atoms with E-state index in [0.29, 0.717) is 0 Å². The molecule has 0 spiro atoms. The monoisotopic (exact) mass is 260 g/mol. The van der Waals surface area contributed by atoms with Gasteiger partial charge in [-0.15, -0.1) is 0 Å². The van der Waals surface area contributed by atoms with E-state index in [9.17, 15) is 0 Å². The zero-order valence-electron chi connectivity index (χ0n) is 8.24. The van der Waals surface area contributed by atoms with E-state index in [1.807, 2.05) is 18.3 Å². The van der Waals surface area contributed by atoms with Gasteiger partial charge in [0.15, 0.2) is 0 Å². The summed E-state index contributed by atoms with van der Waals surface area (Å²) in [4.78, 5) is 4.57. The Bertz CT molecular complexity index is 599. The molecule has 0 radical (unpaired) electrons. The summed E-state index contributed by atoms with van der Waals surface area (Å²) in [6.45, 7) is 2.08. The van der Waals surface area contributed by atoms with Gasteiger partial charge in [-0.1, -0.05) is 22.0 Å². The Labute approximate surface area is 95.7 Å². The Morgan fingerprint density at radius 2 is 2.07 bits per heavy atom. The zero-order valence-corrected chi connectivity index (χ0v) is 9.82. The number of halogens is 1. The molecule has 0 atom stereocenters. The van der Waals surface area contributed by atoms with Crippen LogP contribution < -0.4 is 0 Å². The van der Waals surface area contributed by atoms with Gasteiger partial charge >= 0.3 is 0 Å². The van der Waals surface area contributed by atoms with Crippen LogP contribution in [0.3, 0.4) is 0 Å². The lowest BCUT2D eigenvalue weighted by molar-refractivity contribution is 1.22. The Morgan fingerprint density at radius 1 is 1.20 bits per heavy atom. The Kier molecular flexibility index (Phi) is 1.83. The zero-order chi connectivity index (χ0) is 10.4. The molecule has 0 aliphatic rings. The molecule has 0 saturated heterocycles. The average Bonchev–Trinajstić information content (AvgIpc) is 2.53. The van der Waals surface area contributed by atoms with Gasteiger partial charge in [-0.05, 0) is 36.8 Å². The minimum atomic E-state index is 0.977. The molecule has 0 amide bonds. The first-order valence-corrected chi connectivity index (χ1v) is 5.57. The van der Waals surface area contributed by atoms with Crippen LogP contribution in [0.25, 0.3) is 16.7 Å². The number of pyridine rings is 1. The van der Waals surface area contributed by atoms with Crippen LogP contribution >= 0.6 is 15.9 Å². The van der Waals surface area contributed by atoms with Gasteiger partial charge in [0, 0.05) is 10.7 Å². The standard InChI is InChI=1S/C12H9BrN2/c1-8-2-3-11-10(6-8)14-12-7-9(13)4-5-15(11)12/h2-7H,1H3. The third-order valence-electron chi connectivity index (χ3n) is 2.52. The van der Waals surface area contributed by atoms with Gasteiger partial charge in [0.25, 0.3) is 0 Å². The van der Waals surface area contributed by atoms with Crippen molar-refractivity contribution in [2.45, 2.75) is 6.92 Å². The lowest BCUT2D eigenvalue weighted by Gasteiger charge is -1.95. The van der Waals surface area contributed by atoms with Crippen molar-refractivity contribution in [3.05, 3.63) is 46.6 Å². The number of aryl methyl sites for hydroxylation is 1. The van der Waals surface area contributed by atoms with E-state index in [0.717, 1.165) is 21.2 Å². The lowest BCUT2D eigenvalue weighted by Crippen LogP contribution is -1.82. The number of rotatable bonds is 0. The smallest absolute Gasteiger partial charge is 0.139 e. The van der Waals surface area contributed by atoms with Crippen LogP contribution in [0.5, 0.6) is 0 Å². The summed E-state index contributed by atoms with van der Waals surface area (Å²) in [5.74, 6) is 0. The Hall–Kier alpha value is -1.35. The minimum Gasteiger partial charge on any atom is -0.300 e. The van der Waals surface area contributed by atoms with Crippen LogP contribution in [0, 0.1) is 6.92 Å². The summed E-state index contributed by atoms with van der Waals surface area (Å²) in [7, 11) is 0. The maximum Gasteiger partial charge on any atom is 0.139 e. The molecule has 74 valence electrons. The Balaban J connectivity index is 2.51. The molecule has 3 aromatic rings. The van der Waals surface area contributed by atoms with Gasteiger partial charge in [0.2, 0.25) is 0 Å². The summed E-state index contributed by atoms with van der Waals surface area (Å²) in [5.41, 5.74) is 4.42. The molecule has 3 rings (SSSR count). The predicted octanol–water partition coefficient (Wildman–Crippen LogP) is 3.56. The molecule has 0 saturated carbocycles. The van der Waals surface area contributed by atoms with Crippen molar-refractivity contribution in [3.63, 3.8) is 0 Å². The minimum absolute atomic E-state index is 0.977. The Morgan fingerprint density at radius 3 is 2.93 bits per heavy atom. The second kappa shape index (κ2) is 3.07. The maximum absolute atomic E-state index is 4.57. The highest BCUT2D eigenvalue weighted by atomic mass is 79.9. The van der Waals surface area contributed by atoms with Crippen molar-refractivity contribution in [2.75, 3.05) is 0 Å². The number of hydrogen-bond donors (Lipinski definition) is 0. The summed E-state index contributed by atoms with van der Waals surface area (Å²) >= 11 is 3.45. The van der Waals surface area contributed by atoms with Gasteiger partial charge in [-0.2, -0.15) is 0 Å². The normalized spacial score (nSPS) is 11.3. The SMILES string of the molecule is Cc1ccc2c(c1)nc1cc(Br)ccn12. The molecule has 3 heteroatoms. The van der Waals surface area contributed by atoms with Crippen LogP contribution in [-0.4, -0.2) is 9.38 Å². The molecule has 2 nitrogen and oxygen atoms in total. The summed E-state index contributed by atoms with van der Waals surface area (Å²) < 4.78 is 3.15. The van der Waals surface area contributed by atoms with Crippen molar-refractivity contribution in [2.24, 2.45) is 0 Å². The van der Waals surface area contributed by atoms with Gasteiger partial charge < -0.3 is 0 Å². The molecular formula is C12H9BrN2. The number of hydrogen-bond acceptors (Lipinski definition) is 1. The van der Waals surface area contributed by atoms with Crippen molar-refractivity contribution in [1.29, 1.82) is 0 Å². The highest BCUT2D eigenvalue weighted by molar-refractivity contribution is 9.10. The van der Waals surface area contributed by atoms with Crippen LogP contribution in [0.15, 0.2) is 41.0 Å². The molecule has 0 fully saturated rings. The molecule has 0 aliphatic carbocycles. The van der Waals surface area contributed by atoms with E-state index >= 15 is 0 Å². The fourth-order valence-electron chi connectivity index (χ4n) is 1.80. The van der Waals surface area contributed by atoms with E-state index in [1.54, 1.807) is 0 Å². The van der Waals surface area contributed by atoms with Crippen molar-refractivity contribution in [1.82, 2.24) is 9.38 Å². The fraction of sp³-hybridized carbons (Fsp3) is 0.0833. The number of imidazole rings is 1. The summed E-state index contributed by atoms with van der Waals surface area (Å²) in [5, 5.41) is 0. The van der Waals surface area contributed by atoms with E-state index in [-0.39, 0.29) is 0 Å². The maximum atomic E-state index is 4.57. The van der Waals surface area contributed by atoms with E-state index in [1.165, 1.54) is 5.56 Å². The second-order valence-electron chi connectivity index (χ2n) is 3.68. The molecule has 2 heterocycles. The lowest BCUT2D eigenvalue weighted by atomic mass is 10.2. The fourth-order valence-corrected chi connectivity index (χ4v) is 2.13. The molecule has 0 unspecified atom stereocenters. The van der Waals surface area contributed by atoms with Crippen molar-refractivity contribution < 1.29 is 0 Å². The highest BCUT2D eigenvalue weighted by Gasteiger charge is 2.03. The third-order valence-corrected chi connectivity index (χ3v) is 3.02. The molecule has 2 aromatic heterocycles. The van der Waals surface area contributed by atoms with E-state index in [2.05, 4.69) is 50.4 Å². The van der Waals surface area contributed by atoms with Crippen LogP contribution in [0.2, 0.25) is 0 Å². The number of benzene rings is 1. The van der Waals surface area contributed by atoms with Crippen LogP contribution in [0.1, 0.15) is 5.56 Å². The first-order valence-electron chi connectivity index (χ1n) is 4.78. The number of aromatic nitrogens is 2. The summed E-state index contributed by atoms with van der Waals surface area (Å²) in [6.07, 6.45) is 2.03. The van der Waals surface area contributed by atoms with Gasteiger partial charge in [-0.3, -0.25) is 4.40 Å². The van der Waals surface area contributed by atoms with Crippen molar-refractivity contribution >= 4 is 32.6 Å². The average molecular weight is 261 g/mol.